The summed E-state index contributed by atoms with van der Waals surface area (Å²) in [6, 6.07) is 7.96. The minimum Gasteiger partial charge on any atom is -0.477 e. The Morgan fingerprint density at radius 2 is 2.05 bits per heavy atom. The van der Waals surface area contributed by atoms with Crippen LogP contribution in [0.15, 0.2) is 24.3 Å². The standard InChI is InChI=1S/C14H12N2O2S/c1-7-11(9-5-3-4-6-10(9)15-7)13-16-8(2)12(19-13)14(17)18/h3-6,15H,1-2H3,(H,17,18). The van der Waals surface area contributed by atoms with Crippen LogP contribution in [0.3, 0.4) is 0 Å². The second-order valence-corrected chi connectivity index (χ2v) is 5.41. The third kappa shape index (κ3) is 1.82. The number of aryl methyl sites for hydroxylation is 2. The van der Waals surface area contributed by atoms with E-state index in [9.17, 15) is 4.79 Å². The minimum atomic E-state index is -0.918. The number of aromatic nitrogens is 2. The van der Waals surface area contributed by atoms with Gasteiger partial charge in [-0.15, -0.1) is 11.3 Å². The number of nitrogens with zero attached hydrogens (tertiary/aromatic N) is 1. The molecule has 0 aliphatic carbocycles. The van der Waals surface area contributed by atoms with E-state index in [1.165, 1.54) is 11.3 Å². The molecule has 0 bridgehead atoms. The summed E-state index contributed by atoms with van der Waals surface area (Å²) in [5.41, 5.74) is 3.61. The maximum Gasteiger partial charge on any atom is 0.347 e. The third-order valence-corrected chi connectivity index (χ3v) is 4.26. The number of nitrogens with one attached hydrogen (secondary N) is 1. The number of aromatic amines is 1. The lowest BCUT2D eigenvalue weighted by molar-refractivity contribution is 0.0701. The molecule has 0 saturated carbocycles. The van der Waals surface area contributed by atoms with Gasteiger partial charge in [-0.05, 0) is 19.9 Å². The predicted molar refractivity (Wildman–Crippen MR) is 75.8 cm³/mol. The molecule has 0 aliphatic heterocycles. The van der Waals surface area contributed by atoms with Crippen LogP contribution in [0.1, 0.15) is 21.1 Å². The molecule has 3 rings (SSSR count). The van der Waals surface area contributed by atoms with Gasteiger partial charge in [0.1, 0.15) is 9.88 Å². The van der Waals surface area contributed by atoms with E-state index in [2.05, 4.69) is 9.97 Å². The average Bonchev–Trinajstić information content (AvgIpc) is 2.88. The first kappa shape index (κ1) is 11.9. The van der Waals surface area contributed by atoms with E-state index in [1.54, 1.807) is 6.92 Å². The van der Waals surface area contributed by atoms with Gasteiger partial charge in [0.2, 0.25) is 0 Å². The van der Waals surface area contributed by atoms with Gasteiger partial charge in [-0.25, -0.2) is 9.78 Å². The molecule has 0 spiro atoms. The summed E-state index contributed by atoms with van der Waals surface area (Å²) < 4.78 is 0. The number of carboxylic acids is 1. The first-order valence-electron chi connectivity index (χ1n) is 5.86. The van der Waals surface area contributed by atoms with Gasteiger partial charge in [-0.2, -0.15) is 0 Å². The molecule has 0 atom stereocenters. The van der Waals surface area contributed by atoms with Crippen molar-refractivity contribution in [1.29, 1.82) is 0 Å². The molecule has 0 amide bonds. The molecule has 2 heterocycles. The smallest absolute Gasteiger partial charge is 0.347 e. The van der Waals surface area contributed by atoms with Crippen LogP contribution in [0.4, 0.5) is 0 Å². The predicted octanol–water partition coefficient (Wildman–Crippen LogP) is 3.61. The summed E-state index contributed by atoms with van der Waals surface area (Å²) in [5.74, 6) is -0.918. The molecule has 0 unspecified atom stereocenters. The molecule has 2 N–H and O–H groups in total. The number of H-pyrrole nitrogens is 1. The topological polar surface area (TPSA) is 66.0 Å². The van der Waals surface area contributed by atoms with Crippen LogP contribution in [-0.4, -0.2) is 21.0 Å². The summed E-state index contributed by atoms with van der Waals surface area (Å²) >= 11 is 1.22. The molecular weight excluding hydrogens is 260 g/mol. The van der Waals surface area contributed by atoms with Crippen molar-refractivity contribution in [3.05, 3.63) is 40.5 Å². The van der Waals surface area contributed by atoms with Gasteiger partial charge in [0, 0.05) is 22.2 Å². The number of carbonyl (C=O) groups is 1. The quantitative estimate of drug-likeness (QED) is 0.749. The van der Waals surface area contributed by atoms with Crippen molar-refractivity contribution < 1.29 is 9.90 Å². The number of thiazole rings is 1. The minimum absolute atomic E-state index is 0.305. The second kappa shape index (κ2) is 4.20. The number of hydrogen-bond donors (Lipinski definition) is 2. The highest BCUT2D eigenvalue weighted by Crippen LogP contribution is 2.35. The van der Waals surface area contributed by atoms with Crippen LogP contribution in [-0.2, 0) is 0 Å². The SMILES string of the molecule is Cc1nc(-c2c(C)[nH]c3ccccc23)sc1C(=O)O. The van der Waals surface area contributed by atoms with Crippen LogP contribution in [0, 0.1) is 13.8 Å². The molecule has 5 heteroatoms. The highest BCUT2D eigenvalue weighted by atomic mass is 32.1. The Morgan fingerprint density at radius 3 is 2.74 bits per heavy atom. The fourth-order valence-electron chi connectivity index (χ4n) is 2.25. The summed E-state index contributed by atoms with van der Waals surface area (Å²) in [5, 5.41) is 11.0. The third-order valence-electron chi connectivity index (χ3n) is 3.10. The highest BCUT2D eigenvalue weighted by Gasteiger charge is 2.18. The molecule has 2 aromatic heterocycles. The summed E-state index contributed by atoms with van der Waals surface area (Å²) in [6.07, 6.45) is 0. The number of hydrogen-bond acceptors (Lipinski definition) is 3. The van der Waals surface area contributed by atoms with Gasteiger partial charge in [0.05, 0.1) is 5.69 Å². The van der Waals surface area contributed by atoms with E-state index < -0.39 is 5.97 Å². The lowest BCUT2D eigenvalue weighted by Gasteiger charge is -1.95. The van der Waals surface area contributed by atoms with Gasteiger partial charge in [-0.1, -0.05) is 18.2 Å². The molecule has 19 heavy (non-hydrogen) atoms. The van der Waals surface area contributed by atoms with E-state index in [4.69, 9.17) is 5.11 Å². The van der Waals surface area contributed by atoms with Crippen molar-refractivity contribution in [3.8, 4) is 10.6 Å². The molecule has 0 radical (unpaired) electrons. The Bertz CT molecular complexity index is 786. The van der Waals surface area contributed by atoms with Gasteiger partial charge in [0.25, 0.3) is 0 Å². The normalized spacial score (nSPS) is 11.1. The lowest BCUT2D eigenvalue weighted by Crippen LogP contribution is -1.94. The summed E-state index contributed by atoms with van der Waals surface area (Å²) in [6.45, 7) is 3.71. The van der Waals surface area contributed by atoms with Crippen LogP contribution in [0.5, 0.6) is 0 Å². The maximum atomic E-state index is 11.1. The van der Waals surface area contributed by atoms with E-state index in [1.807, 2.05) is 31.2 Å². The van der Waals surface area contributed by atoms with Crippen LogP contribution in [0.25, 0.3) is 21.5 Å². The number of fused-ring (bicyclic) bond motifs is 1. The van der Waals surface area contributed by atoms with Crippen LogP contribution in [0.2, 0.25) is 0 Å². The molecule has 0 aliphatic rings. The molecule has 4 nitrogen and oxygen atoms in total. The number of para-hydroxylation sites is 1. The first-order chi connectivity index (χ1) is 9.08. The molecule has 0 saturated heterocycles. The Balaban J connectivity index is 2.27. The zero-order valence-electron chi connectivity index (χ0n) is 10.5. The number of aromatic carboxylic acids is 1. The summed E-state index contributed by atoms with van der Waals surface area (Å²) in [4.78, 5) is 19.1. The molecule has 3 aromatic rings. The van der Waals surface area contributed by atoms with E-state index in [0.717, 1.165) is 27.2 Å². The van der Waals surface area contributed by atoms with Gasteiger partial charge in [-0.3, -0.25) is 0 Å². The number of carboxylic acid groups (broad SMARTS) is 1. The van der Waals surface area contributed by atoms with Crippen LogP contribution < -0.4 is 0 Å². The zero-order chi connectivity index (χ0) is 13.6. The molecule has 96 valence electrons. The van der Waals surface area contributed by atoms with Gasteiger partial charge in [0.15, 0.2) is 0 Å². The Morgan fingerprint density at radius 1 is 1.32 bits per heavy atom. The van der Waals surface area contributed by atoms with Gasteiger partial charge < -0.3 is 10.1 Å². The zero-order valence-corrected chi connectivity index (χ0v) is 11.3. The number of rotatable bonds is 2. The van der Waals surface area contributed by atoms with Crippen LogP contribution >= 0.6 is 11.3 Å². The maximum absolute atomic E-state index is 11.1. The van der Waals surface area contributed by atoms with Crippen molar-refractivity contribution in [3.63, 3.8) is 0 Å². The van der Waals surface area contributed by atoms with Crippen molar-refractivity contribution in [1.82, 2.24) is 9.97 Å². The van der Waals surface area contributed by atoms with E-state index in [0.29, 0.717) is 10.6 Å². The Hall–Kier alpha value is -2.14. The first-order valence-corrected chi connectivity index (χ1v) is 6.68. The fourth-order valence-corrected chi connectivity index (χ4v) is 3.28. The molecule has 0 fully saturated rings. The monoisotopic (exact) mass is 272 g/mol. The van der Waals surface area contributed by atoms with Crippen molar-refractivity contribution >= 4 is 28.2 Å². The van der Waals surface area contributed by atoms with E-state index >= 15 is 0 Å². The van der Waals surface area contributed by atoms with Gasteiger partial charge >= 0.3 is 5.97 Å². The van der Waals surface area contributed by atoms with Crippen molar-refractivity contribution in [2.45, 2.75) is 13.8 Å². The Labute approximate surface area is 113 Å². The summed E-state index contributed by atoms with van der Waals surface area (Å²) in [7, 11) is 0. The van der Waals surface area contributed by atoms with Crippen molar-refractivity contribution in [2.24, 2.45) is 0 Å². The number of benzene rings is 1. The molecule has 1 aromatic carbocycles. The average molecular weight is 272 g/mol. The second-order valence-electron chi connectivity index (χ2n) is 4.41. The highest BCUT2D eigenvalue weighted by molar-refractivity contribution is 7.17. The lowest BCUT2D eigenvalue weighted by atomic mass is 10.1. The van der Waals surface area contributed by atoms with Crippen molar-refractivity contribution in [2.75, 3.05) is 0 Å². The fraction of sp³-hybridized carbons (Fsp3) is 0.143. The Kier molecular flexibility index (Phi) is 2.64. The van der Waals surface area contributed by atoms with E-state index in [-0.39, 0.29) is 0 Å². The largest absolute Gasteiger partial charge is 0.477 e. The molecular formula is C14H12N2O2S.